The summed E-state index contributed by atoms with van der Waals surface area (Å²) in [6, 6.07) is 36.8. The van der Waals surface area contributed by atoms with Gasteiger partial charge in [-0.1, -0.05) is 48.5 Å². The maximum absolute atomic E-state index is 8.94. The van der Waals surface area contributed by atoms with Gasteiger partial charge in [-0.05, 0) is 60.2 Å². The molecule has 0 atom stereocenters. The van der Waals surface area contributed by atoms with Crippen molar-refractivity contribution in [2.24, 2.45) is 0 Å². The molecule has 0 bridgehead atoms. The van der Waals surface area contributed by atoms with Crippen molar-refractivity contribution in [2.45, 2.75) is 0 Å². The highest BCUT2D eigenvalue weighted by Gasteiger charge is 2.12. The SMILES string of the molecule is N#CC(C#N)=Cc1ccc(-c2ccc(N(c3ccccc3)c3ccccc3)cc2)s1. The Bertz CT molecular complexity index is 1190. The standard InChI is InChI=1S/C26H17N3S/c27-18-20(19-28)17-25-15-16-26(30-25)21-11-13-24(14-12-21)29(22-7-3-1-4-8-22)23-9-5-2-6-10-23/h1-17H. The van der Waals surface area contributed by atoms with Gasteiger partial charge >= 0.3 is 0 Å². The number of anilines is 3. The number of benzene rings is 3. The summed E-state index contributed by atoms with van der Waals surface area (Å²) in [6.07, 6.45) is 1.62. The Morgan fingerprint density at radius 2 is 1.20 bits per heavy atom. The highest BCUT2D eigenvalue weighted by molar-refractivity contribution is 7.16. The minimum Gasteiger partial charge on any atom is -0.311 e. The summed E-state index contributed by atoms with van der Waals surface area (Å²) in [6.45, 7) is 0. The molecule has 0 saturated carbocycles. The number of hydrogen-bond donors (Lipinski definition) is 0. The van der Waals surface area contributed by atoms with Crippen LogP contribution in [0.5, 0.6) is 0 Å². The van der Waals surface area contributed by atoms with E-state index in [4.69, 9.17) is 10.5 Å². The molecule has 0 N–H and O–H groups in total. The van der Waals surface area contributed by atoms with Crippen LogP contribution in [0.15, 0.2) is 103 Å². The van der Waals surface area contributed by atoms with Gasteiger partial charge in [-0.2, -0.15) is 10.5 Å². The lowest BCUT2D eigenvalue weighted by atomic mass is 10.1. The predicted molar refractivity (Wildman–Crippen MR) is 124 cm³/mol. The van der Waals surface area contributed by atoms with Crippen molar-refractivity contribution in [2.75, 3.05) is 4.90 Å². The van der Waals surface area contributed by atoms with Crippen LogP contribution in [-0.2, 0) is 0 Å². The molecule has 0 fully saturated rings. The van der Waals surface area contributed by atoms with Crippen molar-refractivity contribution in [3.05, 3.63) is 108 Å². The summed E-state index contributed by atoms with van der Waals surface area (Å²) < 4.78 is 0. The zero-order valence-electron chi connectivity index (χ0n) is 16.1. The Morgan fingerprint density at radius 1 is 0.667 bits per heavy atom. The second kappa shape index (κ2) is 8.92. The van der Waals surface area contributed by atoms with Crippen LogP contribution in [0.2, 0.25) is 0 Å². The van der Waals surface area contributed by atoms with Gasteiger partial charge in [0, 0.05) is 26.8 Å². The molecule has 4 aromatic rings. The number of nitrogens with zero attached hydrogens (tertiary/aromatic N) is 3. The van der Waals surface area contributed by atoms with Crippen LogP contribution in [0, 0.1) is 22.7 Å². The number of nitriles is 2. The van der Waals surface area contributed by atoms with Crippen LogP contribution in [0.25, 0.3) is 16.5 Å². The number of allylic oxidation sites excluding steroid dienone is 1. The van der Waals surface area contributed by atoms with Gasteiger partial charge in [-0.15, -0.1) is 11.3 Å². The van der Waals surface area contributed by atoms with Gasteiger partial charge in [-0.25, -0.2) is 0 Å². The first kappa shape index (κ1) is 19.2. The van der Waals surface area contributed by atoms with E-state index in [0.29, 0.717) is 0 Å². The van der Waals surface area contributed by atoms with Gasteiger partial charge in [0.15, 0.2) is 0 Å². The predicted octanol–water partition coefficient (Wildman–Crippen LogP) is 7.32. The van der Waals surface area contributed by atoms with E-state index in [1.807, 2.05) is 60.7 Å². The van der Waals surface area contributed by atoms with Gasteiger partial charge < -0.3 is 4.90 Å². The average Bonchev–Trinajstić information content (AvgIpc) is 3.28. The van der Waals surface area contributed by atoms with E-state index < -0.39 is 0 Å². The molecule has 0 radical (unpaired) electrons. The molecule has 0 aliphatic rings. The van der Waals surface area contributed by atoms with Crippen molar-refractivity contribution in [1.29, 1.82) is 10.5 Å². The second-order valence-corrected chi connectivity index (χ2v) is 7.65. The zero-order chi connectivity index (χ0) is 20.8. The van der Waals surface area contributed by atoms with E-state index in [0.717, 1.165) is 32.4 Å². The molecule has 0 unspecified atom stereocenters. The molecule has 0 aliphatic heterocycles. The Balaban J connectivity index is 1.67. The van der Waals surface area contributed by atoms with Crippen molar-refractivity contribution >= 4 is 34.5 Å². The molecule has 1 aromatic heterocycles. The first-order chi connectivity index (χ1) is 14.8. The molecule has 0 amide bonds. The Morgan fingerprint density at radius 3 is 1.73 bits per heavy atom. The minimum absolute atomic E-state index is 0.111. The summed E-state index contributed by atoms with van der Waals surface area (Å²) >= 11 is 1.56. The molecular weight excluding hydrogens is 386 g/mol. The van der Waals surface area contributed by atoms with Crippen LogP contribution < -0.4 is 4.90 Å². The molecule has 3 aromatic carbocycles. The van der Waals surface area contributed by atoms with Crippen molar-refractivity contribution in [3.63, 3.8) is 0 Å². The van der Waals surface area contributed by atoms with Gasteiger partial charge in [0.1, 0.15) is 17.7 Å². The lowest BCUT2D eigenvalue weighted by molar-refractivity contribution is 1.28. The lowest BCUT2D eigenvalue weighted by Crippen LogP contribution is -2.09. The molecule has 142 valence electrons. The van der Waals surface area contributed by atoms with E-state index in [9.17, 15) is 0 Å². The smallest absolute Gasteiger partial charge is 0.131 e. The zero-order valence-corrected chi connectivity index (χ0v) is 16.9. The maximum atomic E-state index is 8.94. The molecular formula is C26H17N3S. The van der Waals surface area contributed by atoms with Crippen LogP contribution >= 0.6 is 11.3 Å². The fraction of sp³-hybridized carbons (Fsp3) is 0. The fourth-order valence-electron chi connectivity index (χ4n) is 3.19. The Hall–Kier alpha value is -4.12. The monoisotopic (exact) mass is 403 g/mol. The van der Waals surface area contributed by atoms with Gasteiger partial charge in [0.05, 0.1) is 0 Å². The first-order valence-electron chi connectivity index (χ1n) is 9.41. The molecule has 3 nitrogen and oxygen atoms in total. The lowest BCUT2D eigenvalue weighted by Gasteiger charge is -2.25. The topological polar surface area (TPSA) is 50.8 Å². The number of para-hydroxylation sites is 2. The third-order valence-corrected chi connectivity index (χ3v) is 5.67. The summed E-state index contributed by atoms with van der Waals surface area (Å²) in [4.78, 5) is 4.20. The van der Waals surface area contributed by atoms with Crippen LogP contribution in [-0.4, -0.2) is 0 Å². The molecule has 0 aliphatic carbocycles. The molecule has 0 spiro atoms. The molecule has 4 rings (SSSR count). The average molecular weight is 404 g/mol. The largest absolute Gasteiger partial charge is 0.311 e. The van der Waals surface area contributed by atoms with E-state index in [1.165, 1.54) is 0 Å². The van der Waals surface area contributed by atoms with Gasteiger partial charge in [0.25, 0.3) is 0 Å². The second-order valence-electron chi connectivity index (χ2n) is 6.54. The summed E-state index contributed by atoms with van der Waals surface area (Å²) in [5.41, 5.74) is 4.48. The van der Waals surface area contributed by atoms with Crippen LogP contribution in [0.3, 0.4) is 0 Å². The number of rotatable bonds is 5. The summed E-state index contributed by atoms with van der Waals surface area (Å²) in [5, 5.41) is 17.9. The highest BCUT2D eigenvalue weighted by atomic mass is 32.1. The van der Waals surface area contributed by atoms with E-state index in [-0.39, 0.29) is 5.57 Å². The van der Waals surface area contributed by atoms with E-state index in [1.54, 1.807) is 17.4 Å². The molecule has 1 heterocycles. The van der Waals surface area contributed by atoms with Crippen molar-refractivity contribution in [1.82, 2.24) is 0 Å². The third kappa shape index (κ3) is 4.15. The van der Waals surface area contributed by atoms with Gasteiger partial charge in [-0.3, -0.25) is 0 Å². The molecule has 30 heavy (non-hydrogen) atoms. The van der Waals surface area contributed by atoms with Crippen LogP contribution in [0.1, 0.15) is 4.88 Å². The number of thiophene rings is 1. The van der Waals surface area contributed by atoms with Crippen LogP contribution in [0.4, 0.5) is 17.1 Å². The third-order valence-electron chi connectivity index (χ3n) is 4.59. The Labute approximate surface area is 180 Å². The fourth-order valence-corrected chi connectivity index (χ4v) is 4.15. The van der Waals surface area contributed by atoms with E-state index >= 15 is 0 Å². The first-order valence-corrected chi connectivity index (χ1v) is 10.2. The minimum atomic E-state index is 0.111. The van der Waals surface area contributed by atoms with Crippen molar-refractivity contribution < 1.29 is 0 Å². The molecule has 0 saturated heterocycles. The summed E-state index contributed by atoms with van der Waals surface area (Å²) in [7, 11) is 0. The normalized spacial score (nSPS) is 9.93. The van der Waals surface area contributed by atoms with E-state index in [2.05, 4.69) is 53.4 Å². The Kier molecular flexibility index (Phi) is 5.71. The quantitative estimate of drug-likeness (QED) is 0.328. The van der Waals surface area contributed by atoms with Gasteiger partial charge in [0.2, 0.25) is 0 Å². The molecule has 4 heteroatoms. The van der Waals surface area contributed by atoms with Crippen molar-refractivity contribution in [3.8, 4) is 22.6 Å². The number of hydrogen-bond acceptors (Lipinski definition) is 4. The highest BCUT2D eigenvalue weighted by Crippen LogP contribution is 2.36. The maximum Gasteiger partial charge on any atom is 0.131 e. The summed E-state index contributed by atoms with van der Waals surface area (Å²) in [5.74, 6) is 0.